The minimum absolute atomic E-state index is 0.00654. The predicted molar refractivity (Wildman–Crippen MR) is 144 cm³/mol. The molecule has 1 aromatic heterocycles. The molecule has 0 spiro atoms. The van der Waals surface area contributed by atoms with Crippen molar-refractivity contribution in [1.82, 2.24) is 15.3 Å². The van der Waals surface area contributed by atoms with Crippen molar-refractivity contribution < 1.29 is 17.9 Å². The molecule has 3 N–H and O–H groups in total. The van der Waals surface area contributed by atoms with E-state index in [4.69, 9.17) is 17.0 Å². The maximum atomic E-state index is 12.8. The van der Waals surface area contributed by atoms with E-state index in [1.807, 2.05) is 0 Å². The van der Waals surface area contributed by atoms with Crippen molar-refractivity contribution in [2.75, 3.05) is 16.6 Å². The van der Waals surface area contributed by atoms with Crippen molar-refractivity contribution in [1.29, 1.82) is 0 Å². The lowest BCUT2D eigenvalue weighted by Gasteiger charge is -2.14. The van der Waals surface area contributed by atoms with Crippen LogP contribution in [0, 0.1) is 19.8 Å². The third-order valence-electron chi connectivity index (χ3n) is 4.94. The molecule has 0 unspecified atom stereocenters. The van der Waals surface area contributed by atoms with E-state index in [1.165, 1.54) is 12.1 Å². The monoisotopic (exact) mass is 527 g/mol. The number of hydrogen-bond donors (Lipinski definition) is 3. The number of nitrogens with zero attached hydrogens (tertiary/aromatic N) is 2. The van der Waals surface area contributed by atoms with Gasteiger partial charge in [-0.3, -0.25) is 10.1 Å². The van der Waals surface area contributed by atoms with E-state index in [9.17, 15) is 13.2 Å². The smallest absolute Gasteiger partial charge is 0.264 e. The topological polar surface area (TPSA) is 122 Å². The molecule has 0 saturated carbocycles. The predicted octanol–water partition coefficient (Wildman–Crippen LogP) is 4.45. The fourth-order valence-corrected chi connectivity index (χ4v) is 4.34. The second kappa shape index (κ2) is 11.9. The number of carbonyl (C=O) groups excluding carboxylic acids is 1. The summed E-state index contributed by atoms with van der Waals surface area (Å²) in [7, 11) is -3.88. The molecule has 0 aliphatic heterocycles. The zero-order valence-corrected chi connectivity index (χ0v) is 22.2. The highest BCUT2D eigenvalue weighted by Crippen LogP contribution is 2.20. The number of ether oxygens (including phenoxy) is 1. The Morgan fingerprint density at radius 1 is 1.03 bits per heavy atom. The quantitative estimate of drug-likeness (QED) is 0.349. The van der Waals surface area contributed by atoms with Gasteiger partial charge >= 0.3 is 0 Å². The van der Waals surface area contributed by atoms with E-state index >= 15 is 0 Å². The summed E-state index contributed by atoms with van der Waals surface area (Å²) in [4.78, 5) is 21.0. The number of aromatic nitrogens is 2. The molecule has 0 fully saturated rings. The van der Waals surface area contributed by atoms with Gasteiger partial charge in [-0.2, -0.15) is 0 Å². The first-order chi connectivity index (χ1) is 17.0. The number of para-hydroxylation sites is 1. The van der Waals surface area contributed by atoms with Crippen LogP contribution in [0.25, 0.3) is 0 Å². The van der Waals surface area contributed by atoms with Crippen molar-refractivity contribution >= 4 is 44.9 Å². The first kappa shape index (κ1) is 27.0. The van der Waals surface area contributed by atoms with Gasteiger partial charge in [-0.05, 0) is 80.9 Å². The third kappa shape index (κ3) is 7.72. The minimum Gasteiger partial charge on any atom is -0.493 e. The first-order valence-corrected chi connectivity index (χ1v) is 13.2. The zero-order chi connectivity index (χ0) is 26.3. The van der Waals surface area contributed by atoms with Gasteiger partial charge in [0.15, 0.2) is 5.11 Å². The molecule has 11 heteroatoms. The van der Waals surface area contributed by atoms with Gasteiger partial charge in [0.2, 0.25) is 5.95 Å². The van der Waals surface area contributed by atoms with Gasteiger partial charge in [0.05, 0.1) is 17.1 Å². The number of hydrogen-bond acceptors (Lipinski definition) is 7. The molecule has 0 radical (unpaired) electrons. The lowest BCUT2D eigenvalue weighted by atomic mass is 10.1. The van der Waals surface area contributed by atoms with E-state index in [0.717, 1.165) is 6.42 Å². The van der Waals surface area contributed by atoms with E-state index in [1.54, 1.807) is 56.3 Å². The van der Waals surface area contributed by atoms with Gasteiger partial charge in [-0.1, -0.05) is 26.0 Å². The SMILES string of the molecule is Cc1cc(C)nc(NS(=O)(=O)c2ccc(NC(=S)NC(=O)c3ccccc3OCCC(C)C)cc2)n1. The van der Waals surface area contributed by atoms with E-state index in [-0.39, 0.29) is 16.0 Å². The fraction of sp³-hybridized carbons (Fsp3) is 0.280. The molecule has 3 rings (SSSR count). The number of rotatable bonds is 9. The van der Waals surface area contributed by atoms with Crippen molar-refractivity contribution in [3.63, 3.8) is 0 Å². The highest BCUT2D eigenvalue weighted by atomic mass is 32.2. The summed E-state index contributed by atoms with van der Waals surface area (Å²) in [6, 6.07) is 14.6. The van der Waals surface area contributed by atoms with Gasteiger partial charge in [-0.15, -0.1) is 0 Å². The molecule has 1 heterocycles. The highest BCUT2D eigenvalue weighted by Gasteiger charge is 2.17. The summed E-state index contributed by atoms with van der Waals surface area (Å²) in [5.41, 5.74) is 2.18. The van der Waals surface area contributed by atoms with Crippen LogP contribution in [-0.4, -0.2) is 36.0 Å². The maximum absolute atomic E-state index is 12.8. The molecule has 0 atom stereocenters. The van der Waals surface area contributed by atoms with Gasteiger partial charge in [-0.25, -0.2) is 23.1 Å². The third-order valence-corrected chi connectivity index (χ3v) is 6.49. The number of amides is 1. The van der Waals surface area contributed by atoms with Gasteiger partial charge < -0.3 is 10.1 Å². The van der Waals surface area contributed by atoms with Crippen LogP contribution < -0.4 is 20.1 Å². The molecule has 190 valence electrons. The molecule has 9 nitrogen and oxygen atoms in total. The summed E-state index contributed by atoms with van der Waals surface area (Å²) in [5.74, 6) is 0.560. The number of sulfonamides is 1. The Kier molecular flexibility index (Phi) is 8.94. The Morgan fingerprint density at radius 2 is 1.67 bits per heavy atom. The van der Waals surface area contributed by atoms with Crippen LogP contribution >= 0.6 is 12.2 Å². The summed E-state index contributed by atoms with van der Waals surface area (Å²) < 4.78 is 33.6. The number of nitrogens with one attached hydrogen (secondary N) is 3. The van der Waals surface area contributed by atoms with Crippen LogP contribution in [0.15, 0.2) is 59.5 Å². The molecule has 3 aromatic rings. The normalized spacial score (nSPS) is 11.1. The molecular weight excluding hydrogens is 498 g/mol. The van der Waals surface area contributed by atoms with E-state index in [0.29, 0.717) is 40.9 Å². The summed E-state index contributed by atoms with van der Waals surface area (Å²) in [6.45, 7) is 8.22. The van der Waals surface area contributed by atoms with Crippen LogP contribution in [0.5, 0.6) is 5.75 Å². The van der Waals surface area contributed by atoms with Crippen LogP contribution in [-0.2, 0) is 10.0 Å². The fourth-order valence-electron chi connectivity index (χ4n) is 3.19. The molecule has 0 saturated heterocycles. The Labute approximate surface area is 216 Å². The average molecular weight is 528 g/mol. The second-order valence-electron chi connectivity index (χ2n) is 8.54. The summed E-state index contributed by atoms with van der Waals surface area (Å²) >= 11 is 5.26. The lowest BCUT2D eigenvalue weighted by molar-refractivity contribution is 0.0973. The Bertz CT molecular complexity index is 1320. The van der Waals surface area contributed by atoms with Crippen LogP contribution in [0.1, 0.15) is 42.0 Å². The van der Waals surface area contributed by atoms with Crippen LogP contribution in [0.3, 0.4) is 0 Å². The second-order valence-corrected chi connectivity index (χ2v) is 10.6. The zero-order valence-electron chi connectivity index (χ0n) is 20.5. The molecule has 0 aliphatic rings. The molecule has 36 heavy (non-hydrogen) atoms. The van der Waals surface area contributed by atoms with Crippen LogP contribution in [0.2, 0.25) is 0 Å². The first-order valence-electron chi connectivity index (χ1n) is 11.3. The minimum atomic E-state index is -3.88. The number of benzene rings is 2. The number of carbonyl (C=O) groups is 1. The van der Waals surface area contributed by atoms with Crippen molar-refractivity contribution in [2.45, 2.75) is 39.0 Å². The Balaban J connectivity index is 1.62. The van der Waals surface area contributed by atoms with Crippen molar-refractivity contribution in [2.24, 2.45) is 5.92 Å². The summed E-state index contributed by atoms with van der Waals surface area (Å²) in [5, 5.41) is 5.57. The lowest BCUT2D eigenvalue weighted by Crippen LogP contribution is -2.34. The van der Waals surface area contributed by atoms with Gasteiger partial charge in [0.1, 0.15) is 5.75 Å². The van der Waals surface area contributed by atoms with E-state index < -0.39 is 15.9 Å². The Morgan fingerprint density at radius 3 is 2.31 bits per heavy atom. The number of thiocarbonyl (C=S) groups is 1. The van der Waals surface area contributed by atoms with Crippen molar-refractivity contribution in [3.05, 3.63) is 71.5 Å². The standard InChI is InChI=1S/C25H29N5O4S2/c1-16(2)13-14-34-22-8-6-5-7-21(22)23(31)29-25(35)28-19-9-11-20(12-10-19)36(32,33)30-24-26-17(3)15-18(4)27-24/h5-12,15-16H,13-14H2,1-4H3,(H,26,27,30)(H2,28,29,31,35). The average Bonchev–Trinajstić information content (AvgIpc) is 2.78. The molecule has 1 amide bonds. The Hall–Kier alpha value is -3.57. The largest absolute Gasteiger partial charge is 0.493 e. The van der Waals surface area contributed by atoms with Crippen LogP contribution in [0.4, 0.5) is 11.6 Å². The van der Waals surface area contributed by atoms with Gasteiger partial charge in [0.25, 0.3) is 15.9 Å². The van der Waals surface area contributed by atoms with Gasteiger partial charge in [0, 0.05) is 17.1 Å². The molecule has 2 aromatic carbocycles. The highest BCUT2D eigenvalue weighted by molar-refractivity contribution is 7.92. The summed E-state index contributed by atoms with van der Waals surface area (Å²) in [6.07, 6.45) is 0.870. The van der Waals surface area contributed by atoms with Crippen molar-refractivity contribution in [3.8, 4) is 5.75 Å². The molecule has 0 aliphatic carbocycles. The van der Waals surface area contributed by atoms with E-state index in [2.05, 4.69) is 39.2 Å². The molecular formula is C25H29N5O4S2. The molecule has 0 bridgehead atoms. The maximum Gasteiger partial charge on any atom is 0.264 e. The number of anilines is 2. The number of aryl methyl sites for hydroxylation is 2.